The van der Waals surface area contributed by atoms with Crippen LogP contribution in [-0.4, -0.2) is 11.5 Å². The number of thiophene rings is 1. The third-order valence-corrected chi connectivity index (χ3v) is 4.06. The summed E-state index contributed by atoms with van der Waals surface area (Å²) in [6.07, 6.45) is 4.05. The summed E-state index contributed by atoms with van der Waals surface area (Å²) in [6, 6.07) is 8.44. The van der Waals surface area contributed by atoms with E-state index >= 15 is 0 Å². The molecule has 1 fully saturated rings. The van der Waals surface area contributed by atoms with Gasteiger partial charge in [0.05, 0.1) is 11.6 Å². The number of nitriles is 1. The SMILES string of the molecule is N#Cc1cccnc1N1CCCC1c1ccsc1. The van der Waals surface area contributed by atoms with E-state index in [1.165, 1.54) is 5.56 Å². The summed E-state index contributed by atoms with van der Waals surface area (Å²) in [7, 11) is 0. The van der Waals surface area contributed by atoms with Crippen LogP contribution in [0.3, 0.4) is 0 Å². The summed E-state index contributed by atoms with van der Waals surface area (Å²) in [5, 5.41) is 13.5. The molecule has 3 nitrogen and oxygen atoms in total. The van der Waals surface area contributed by atoms with Crippen molar-refractivity contribution in [2.45, 2.75) is 18.9 Å². The van der Waals surface area contributed by atoms with Gasteiger partial charge in [0.15, 0.2) is 0 Å². The standard InChI is InChI=1S/C14H13N3S/c15-9-11-3-1-6-16-14(11)17-7-2-4-13(17)12-5-8-18-10-12/h1,3,5-6,8,10,13H,2,4,7H2. The van der Waals surface area contributed by atoms with E-state index in [-0.39, 0.29) is 0 Å². The normalized spacial score (nSPS) is 18.8. The number of nitrogens with zero attached hydrogens (tertiary/aromatic N) is 3. The smallest absolute Gasteiger partial charge is 0.146 e. The molecule has 90 valence electrons. The van der Waals surface area contributed by atoms with Crippen LogP contribution >= 0.6 is 11.3 Å². The van der Waals surface area contributed by atoms with Gasteiger partial charge in [0.1, 0.15) is 11.9 Å². The lowest BCUT2D eigenvalue weighted by Crippen LogP contribution is -2.24. The zero-order valence-electron chi connectivity index (χ0n) is 9.91. The second-order valence-corrected chi connectivity index (χ2v) is 5.17. The number of aromatic nitrogens is 1. The topological polar surface area (TPSA) is 39.9 Å². The van der Waals surface area contributed by atoms with Gasteiger partial charge in [-0.05, 0) is 47.4 Å². The van der Waals surface area contributed by atoms with Gasteiger partial charge in [-0.15, -0.1) is 0 Å². The zero-order chi connectivity index (χ0) is 12.4. The molecular formula is C14H13N3S. The lowest BCUT2D eigenvalue weighted by molar-refractivity contribution is 0.714. The average molecular weight is 255 g/mol. The monoisotopic (exact) mass is 255 g/mol. The summed E-state index contributed by atoms with van der Waals surface area (Å²) < 4.78 is 0. The van der Waals surface area contributed by atoms with Gasteiger partial charge >= 0.3 is 0 Å². The maximum absolute atomic E-state index is 9.18. The second kappa shape index (κ2) is 4.79. The highest BCUT2D eigenvalue weighted by atomic mass is 32.1. The Kier molecular flexibility index (Phi) is 2.99. The first-order valence-corrected chi connectivity index (χ1v) is 6.98. The van der Waals surface area contributed by atoms with Crippen molar-refractivity contribution in [3.05, 3.63) is 46.3 Å². The highest BCUT2D eigenvalue weighted by molar-refractivity contribution is 7.08. The van der Waals surface area contributed by atoms with Gasteiger partial charge in [-0.1, -0.05) is 0 Å². The van der Waals surface area contributed by atoms with E-state index in [4.69, 9.17) is 0 Å². The predicted octanol–water partition coefficient (Wildman–Crippen LogP) is 3.36. The highest BCUT2D eigenvalue weighted by Gasteiger charge is 2.28. The largest absolute Gasteiger partial charge is 0.348 e. The molecule has 18 heavy (non-hydrogen) atoms. The molecule has 1 aliphatic rings. The van der Waals surface area contributed by atoms with Crippen molar-refractivity contribution < 1.29 is 0 Å². The van der Waals surface area contributed by atoms with Crippen molar-refractivity contribution >= 4 is 17.2 Å². The fourth-order valence-corrected chi connectivity index (χ4v) is 3.25. The molecule has 2 aromatic heterocycles. The molecular weight excluding hydrogens is 242 g/mol. The molecule has 0 spiro atoms. The number of hydrogen-bond acceptors (Lipinski definition) is 4. The Labute approximate surface area is 110 Å². The van der Waals surface area contributed by atoms with Crippen LogP contribution < -0.4 is 4.90 Å². The minimum atomic E-state index is 0.373. The molecule has 0 radical (unpaired) electrons. The first-order chi connectivity index (χ1) is 8.90. The first kappa shape index (κ1) is 11.2. The maximum Gasteiger partial charge on any atom is 0.146 e. The second-order valence-electron chi connectivity index (χ2n) is 4.39. The lowest BCUT2D eigenvalue weighted by atomic mass is 10.1. The first-order valence-electron chi connectivity index (χ1n) is 6.04. The van der Waals surface area contributed by atoms with E-state index in [9.17, 15) is 5.26 Å². The number of hydrogen-bond donors (Lipinski definition) is 0. The summed E-state index contributed by atoms with van der Waals surface area (Å²) in [6.45, 7) is 0.978. The van der Waals surface area contributed by atoms with Crippen LogP contribution in [0.2, 0.25) is 0 Å². The van der Waals surface area contributed by atoms with E-state index in [1.54, 1.807) is 17.5 Å². The average Bonchev–Trinajstić information content (AvgIpc) is 3.09. The minimum Gasteiger partial charge on any atom is -0.348 e. The van der Waals surface area contributed by atoms with Gasteiger partial charge in [0.2, 0.25) is 0 Å². The van der Waals surface area contributed by atoms with Gasteiger partial charge in [0.25, 0.3) is 0 Å². The molecule has 1 unspecified atom stereocenters. The molecule has 0 bridgehead atoms. The molecule has 4 heteroatoms. The van der Waals surface area contributed by atoms with E-state index in [1.807, 2.05) is 12.1 Å². The van der Waals surface area contributed by atoms with Crippen LogP contribution in [0, 0.1) is 11.3 Å². The molecule has 3 heterocycles. The molecule has 0 N–H and O–H groups in total. The summed E-state index contributed by atoms with van der Waals surface area (Å²) in [5.41, 5.74) is 2.01. The van der Waals surface area contributed by atoms with Crippen LogP contribution in [0.4, 0.5) is 5.82 Å². The van der Waals surface area contributed by atoms with E-state index < -0.39 is 0 Å². The maximum atomic E-state index is 9.18. The molecule has 0 aliphatic carbocycles. The number of anilines is 1. The Morgan fingerprint density at radius 3 is 3.17 bits per heavy atom. The molecule has 0 amide bonds. The fourth-order valence-electron chi connectivity index (χ4n) is 2.54. The molecule has 0 aromatic carbocycles. The Morgan fingerprint density at radius 2 is 2.39 bits per heavy atom. The summed E-state index contributed by atoms with van der Waals surface area (Å²) >= 11 is 1.72. The van der Waals surface area contributed by atoms with Gasteiger partial charge in [-0.25, -0.2) is 4.98 Å². The van der Waals surface area contributed by atoms with Crippen LogP contribution in [0.5, 0.6) is 0 Å². The Balaban J connectivity index is 1.98. The van der Waals surface area contributed by atoms with E-state index in [0.717, 1.165) is 25.2 Å². The van der Waals surface area contributed by atoms with E-state index in [0.29, 0.717) is 11.6 Å². The van der Waals surface area contributed by atoms with Crippen LogP contribution in [0.15, 0.2) is 35.2 Å². The third-order valence-electron chi connectivity index (χ3n) is 3.36. The van der Waals surface area contributed by atoms with Crippen LogP contribution in [0.1, 0.15) is 30.0 Å². The summed E-state index contributed by atoms with van der Waals surface area (Å²) in [5.74, 6) is 0.828. The van der Waals surface area contributed by atoms with Crippen LogP contribution in [-0.2, 0) is 0 Å². The van der Waals surface area contributed by atoms with Gasteiger partial charge < -0.3 is 4.90 Å². The van der Waals surface area contributed by atoms with Crippen molar-refractivity contribution in [1.82, 2.24) is 4.98 Å². The van der Waals surface area contributed by atoms with Crippen molar-refractivity contribution in [3.8, 4) is 6.07 Å². The molecule has 3 rings (SSSR count). The van der Waals surface area contributed by atoms with Crippen molar-refractivity contribution in [2.24, 2.45) is 0 Å². The number of pyridine rings is 1. The lowest BCUT2D eigenvalue weighted by Gasteiger charge is -2.25. The molecule has 1 aliphatic heterocycles. The fraction of sp³-hybridized carbons (Fsp3) is 0.286. The molecule has 1 saturated heterocycles. The van der Waals surface area contributed by atoms with Gasteiger partial charge in [-0.3, -0.25) is 0 Å². The third kappa shape index (κ3) is 1.87. The van der Waals surface area contributed by atoms with Crippen LogP contribution in [0.25, 0.3) is 0 Å². The Bertz CT molecular complexity index is 571. The molecule has 0 saturated carbocycles. The predicted molar refractivity (Wildman–Crippen MR) is 72.6 cm³/mol. The number of rotatable bonds is 2. The summed E-state index contributed by atoms with van der Waals surface area (Å²) in [4.78, 5) is 6.66. The van der Waals surface area contributed by atoms with Crippen molar-refractivity contribution in [1.29, 1.82) is 5.26 Å². The molecule has 2 aromatic rings. The quantitative estimate of drug-likeness (QED) is 0.826. The van der Waals surface area contributed by atoms with E-state index in [2.05, 4.69) is 32.8 Å². The Hall–Kier alpha value is -1.86. The van der Waals surface area contributed by atoms with Crippen molar-refractivity contribution in [3.63, 3.8) is 0 Å². The van der Waals surface area contributed by atoms with Gasteiger partial charge in [0, 0.05) is 12.7 Å². The van der Waals surface area contributed by atoms with Crippen molar-refractivity contribution in [2.75, 3.05) is 11.4 Å². The Morgan fingerprint density at radius 1 is 1.44 bits per heavy atom. The minimum absolute atomic E-state index is 0.373. The highest BCUT2D eigenvalue weighted by Crippen LogP contribution is 2.37. The molecule has 1 atom stereocenters. The van der Waals surface area contributed by atoms with Gasteiger partial charge in [-0.2, -0.15) is 16.6 Å². The zero-order valence-corrected chi connectivity index (χ0v) is 10.7.